The third-order valence-electron chi connectivity index (χ3n) is 3.91. The van der Waals surface area contributed by atoms with Crippen molar-refractivity contribution in [1.29, 1.82) is 0 Å². The maximum absolute atomic E-state index is 12.2. The molecule has 2 aromatic heterocycles. The van der Waals surface area contributed by atoms with Gasteiger partial charge in [0.25, 0.3) is 5.89 Å². The van der Waals surface area contributed by atoms with Crippen LogP contribution in [-0.4, -0.2) is 21.9 Å². The molecule has 0 atom stereocenters. The molecule has 7 heteroatoms. The van der Waals surface area contributed by atoms with E-state index in [4.69, 9.17) is 8.83 Å². The number of para-hydroxylation sites is 1. The highest BCUT2D eigenvalue weighted by molar-refractivity contribution is 7.99. The molecule has 0 aliphatic carbocycles. The van der Waals surface area contributed by atoms with Crippen LogP contribution in [0.25, 0.3) is 22.6 Å². The predicted molar refractivity (Wildman–Crippen MR) is 105 cm³/mol. The van der Waals surface area contributed by atoms with Gasteiger partial charge in [0, 0.05) is 10.3 Å². The molecule has 2 heterocycles. The lowest BCUT2D eigenvalue weighted by Gasteiger charge is -2.03. The number of rotatable bonds is 6. The van der Waals surface area contributed by atoms with Crippen molar-refractivity contribution in [3.8, 4) is 11.7 Å². The average Bonchev–Trinajstić information content (AvgIpc) is 3.30. The fourth-order valence-corrected chi connectivity index (χ4v) is 3.34. The number of amides is 1. The van der Waals surface area contributed by atoms with Crippen molar-refractivity contribution in [3.05, 3.63) is 60.2 Å². The zero-order valence-corrected chi connectivity index (χ0v) is 15.5. The van der Waals surface area contributed by atoms with Gasteiger partial charge in [-0.05, 0) is 35.6 Å². The molecule has 0 fully saturated rings. The highest BCUT2D eigenvalue weighted by atomic mass is 32.2. The summed E-state index contributed by atoms with van der Waals surface area (Å²) in [5.74, 6) is 1.49. The SMILES string of the molecule is CCSc1ccc(CC(=O)Nc2nnc(-c3cc4ccccc4o3)o2)cc1. The highest BCUT2D eigenvalue weighted by Gasteiger charge is 2.15. The van der Waals surface area contributed by atoms with Crippen LogP contribution in [0.5, 0.6) is 0 Å². The first-order valence-corrected chi connectivity index (χ1v) is 9.54. The Kier molecular flexibility index (Phi) is 4.93. The van der Waals surface area contributed by atoms with Crippen LogP contribution in [0.4, 0.5) is 6.01 Å². The van der Waals surface area contributed by atoms with E-state index in [1.807, 2.05) is 54.6 Å². The van der Waals surface area contributed by atoms with Gasteiger partial charge in [0.2, 0.25) is 5.91 Å². The number of carbonyl (C=O) groups is 1. The molecule has 0 aliphatic rings. The molecule has 0 saturated carbocycles. The molecule has 0 unspecified atom stereocenters. The average molecular weight is 379 g/mol. The summed E-state index contributed by atoms with van der Waals surface area (Å²) in [6.07, 6.45) is 0.236. The Morgan fingerprint density at radius 1 is 1.07 bits per heavy atom. The van der Waals surface area contributed by atoms with E-state index in [9.17, 15) is 4.79 Å². The zero-order valence-electron chi connectivity index (χ0n) is 14.6. The van der Waals surface area contributed by atoms with E-state index >= 15 is 0 Å². The van der Waals surface area contributed by atoms with Crippen molar-refractivity contribution < 1.29 is 13.6 Å². The summed E-state index contributed by atoms with van der Waals surface area (Å²) in [4.78, 5) is 13.4. The second kappa shape index (κ2) is 7.67. The summed E-state index contributed by atoms with van der Waals surface area (Å²) in [6.45, 7) is 2.11. The molecule has 2 aromatic carbocycles. The van der Waals surface area contributed by atoms with Gasteiger partial charge >= 0.3 is 6.01 Å². The standard InChI is InChI=1S/C20H17N3O3S/c1-2-27-15-9-7-13(8-10-15)11-18(24)21-20-23-22-19(26-20)17-12-14-5-3-4-6-16(14)25-17/h3-10,12H,2,11H2,1H3,(H,21,23,24). The predicted octanol–water partition coefficient (Wildman–Crippen LogP) is 4.78. The second-order valence-electron chi connectivity index (χ2n) is 5.86. The van der Waals surface area contributed by atoms with Crippen LogP contribution in [0.3, 0.4) is 0 Å². The van der Waals surface area contributed by atoms with Crippen LogP contribution in [0.2, 0.25) is 0 Å². The van der Waals surface area contributed by atoms with E-state index in [-0.39, 0.29) is 24.2 Å². The van der Waals surface area contributed by atoms with Gasteiger partial charge in [0.15, 0.2) is 5.76 Å². The molecule has 1 amide bonds. The second-order valence-corrected chi connectivity index (χ2v) is 7.20. The molecular weight excluding hydrogens is 362 g/mol. The number of aromatic nitrogens is 2. The zero-order chi connectivity index (χ0) is 18.6. The molecule has 136 valence electrons. The van der Waals surface area contributed by atoms with Crippen LogP contribution in [0.15, 0.2) is 68.3 Å². The van der Waals surface area contributed by atoms with Crippen molar-refractivity contribution in [3.63, 3.8) is 0 Å². The minimum atomic E-state index is -0.217. The largest absolute Gasteiger partial charge is 0.451 e. The maximum Gasteiger partial charge on any atom is 0.322 e. The molecule has 0 spiro atoms. The lowest BCUT2D eigenvalue weighted by molar-refractivity contribution is -0.115. The van der Waals surface area contributed by atoms with Gasteiger partial charge in [0.05, 0.1) is 6.42 Å². The van der Waals surface area contributed by atoms with E-state index in [0.717, 1.165) is 22.3 Å². The van der Waals surface area contributed by atoms with Crippen LogP contribution in [0, 0.1) is 0 Å². The molecule has 4 rings (SSSR count). The molecule has 0 bridgehead atoms. The van der Waals surface area contributed by atoms with Crippen molar-refractivity contribution >= 4 is 34.7 Å². The lowest BCUT2D eigenvalue weighted by atomic mass is 10.1. The summed E-state index contributed by atoms with van der Waals surface area (Å²) >= 11 is 1.76. The Balaban J connectivity index is 1.41. The number of anilines is 1. The quantitative estimate of drug-likeness (QED) is 0.486. The summed E-state index contributed by atoms with van der Waals surface area (Å²) in [7, 11) is 0. The molecular formula is C20H17N3O3S. The fraction of sp³-hybridized carbons (Fsp3) is 0.150. The van der Waals surface area contributed by atoms with E-state index in [1.165, 1.54) is 4.90 Å². The number of benzene rings is 2. The Morgan fingerprint density at radius 2 is 1.89 bits per heavy atom. The Morgan fingerprint density at radius 3 is 2.67 bits per heavy atom. The fourth-order valence-electron chi connectivity index (χ4n) is 2.68. The number of nitrogens with zero attached hydrogens (tertiary/aromatic N) is 2. The van der Waals surface area contributed by atoms with Crippen LogP contribution < -0.4 is 5.32 Å². The van der Waals surface area contributed by atoms with E-state index in [2.05, 4.69) is 22.4 Å². The first-order chi connectivity index (χ1) is 13.2. The van der Waals surface area contributed by atoms with Crippen molar-refractivity contribution in [2.45, 2.75) is 18.2 Å². The number of thioether (sulfide) groups is 1. The number of nitrogens with one attached hydrogen (secondary N) is 1. The normalized spacial score (nSPS) is 11.0. The molecule has 4 aromatic rings. The van der Waals surface area contributed by atoms with Gasteiger partial charge in [-0.1, -0.05) is 42.4 Å². The Hall–Kier alpha value is -3.06. The summed E-state index contributed by atoms with van der Waals surface area (Å²) in [5.41, 5.74) is 1.66. The van der Waals surface area contributed by atoms with Gasteiger partial charge in [-0.3, -0.25) is 10.1 Å². The van der Waals surface area contributed by atoms with Gasteiger partial charge < -0.3 is 8.83 Å². The van der Waals surface area contributed by atoms with Gasteiger partial charge in [-0.2, -0.15) is 0 Å². The van der Waals surface area contributed by atoms with Gasteiger partial charge in [0.1, 0.15) is 5.58 Å². The van der Waals surface area contributed by atoms with Gasteiger partial charge in [-0.25, -0.2) is 0 Å². The number of fused-ring (bicyclic) bond motifs is 1. The minimum absolute atomic E-state index is 0.0496. The van der Waals surface area contributed by atoms with Crippen molar-refractivity contribution in [2.24, 2.45) is 0 Å². The maximum atomic E-state index is 12.2. The van der Waals surface area contributed by atoms with Crippen LogP contribution in [-0.2, 0) is 11.2 Å². The molecule has 1 N–H and O–H groups in total. The minimum Gasteiger partial charge on any atom is -0.451 e. The first kappa shape index (κ1) is 17.4. The van der Waals surface area contributed by atoms with Crippen LogP contribution >= 0.6 is 11.8 Å². The number of carbonyl (C=O) groups excluding carboxylic acids is 1. The smallest absolute Gasteiger partial charge is 0.322 e. The molecule has 0 aliphatic heterocycles. The third kappa shape index (κ3) is 4.03. The summed E-state index contributed by atoms with van der Waals surface area (Å²) in [6, 6.07) is 17.4. The molecule has 0 radical (unpaired) electrons. The lowest BCUT2D eigenvalue weighted by Crippen LogP contribution is -2.14. The summed E-state index contributed by atoms with van der Waals surface area (Å²) in [5, 5.41) is 11.4. The van der Waals surface area contributed by atoms with E-state index in [1.54, 1.807) is 11.8 Å². The van der Waals surface area contributed by atoms with Gasteiger partial charge in [-0.15, -0.1) is 16.9 Å². The van der Waals surface area contributed by atoms with E-state index < -0.39 is 0 Å². The van der Waals surface area contributed by atoms with E-state index in [0.29, 0.717) is 5.76 Å². The molecule has 0 saturated heterocycles. The van der Waals surface area contributed by atoms with Crippen molar-refractivity contribution in [2.75, 3.05) is 11.1 Å². The summed E-state index contributed by atoms with van der Waals surface area (Å²) < 4.78 is 11.2. The Bertz CT molecular complexity index is 1040. The number of furan rings is 1. The molecule has 6 nitrogen and oxygen atoms in total. The topological polar surface area (TPSA) is 81.2 Å². The molecule has 27 heavy (non-hydrogen) atoms. The monoisotopic (exact) mass is 379 g/mol. The number of hydrogen-bond donors (Lipinski definition) is 1. The van der Waals surface area contributed by atoms with Crippen molar-refractivity contribution in [1.82, 2.24) is 10.2 Å². The highest BCUT2D eigenvalue weighted by Crippen LogP contribution is 2.27. The van der Waals surface area contributed by atoms with Crippen LogP contribution in [0.1, 0.15) is 12.5 Å². The third-order valence-corrected chi connectivity index (χ3v) is 4.80. The first-order valence-electron chi connectivity index (χ1n) is 8.55. The Labute approximate surface area is 160 Å². The number of hydrogen-bond acceptors (Lipinski definition) is 6.